The molecule has 3 rings (SSSR count). The molecule has 0 aliphatic heterocycles. The van der Waals surface area contributed by atoms with Gasteiger partial charge in [-0.25, -0.2) is 0 Å². The smallest absolute Gasteiger partial charge is 0.392 e. The summed E-state index contributed by atoms with van der Waals surface area (Å²) in [6, 6.07) is 12.0. The van der Waals surface area contributed by atoms with Gasteiger partial charge in [0, 0.05) is 43.0 Å². The Balaban J connectivity index is -0.000000662. The molecule has 1 amide bonds. The fraction of sp³-hybridized carbons (Fsp3) is 0.419. The van der Waals surface area contributed by atoms with Crippen molar-refractivity contribution < 1.29 is 30.0 Å². The molecule has 0 bridgehead atoms. The van der Waals surface area contributed by atoms with Gasteiger partial charge >= 0.3 is 6.18 Å². The minimum atomic E-state index is -4.07. The number of carbonyl (C=O) groups is 1. The van der Waals surface area contributed by atoms with Gasteiger partial charge in [-0.15, -0.1) is 6.58 Å². The molecular formula is C31H45F3N2O3. The number of alkyl halides is 3. The van der Waals surface area contributed by atoms with Crippen LogP contribution in [0.3, 0.4) is 0 Å². The zero-order valence-electron chi connectivity index (χ0n) is 23.9. The third-order valence-corrected chi connectivity index (χ3v) is 5.09. The predicted octanol–water partition coefficient (Wildman–Crippen LogP) is 7.46. The first-order valence-corrected chi connectivity index (χ1v) is 12.6. The molecule has 218 valence electrons. The number of carbonyl (C=O) groups excluding carboxylic acids is 1. The van der Waals surface area contributed by atoms with Gasteiger partial charge in [0.1, 0.15) is 0 Å². The van der Waals surface area contributed by atoms with Crippen LogP contribution in [0.2, 0.25) is 0 Å². The predicted molar refractivity (Wildman–Crippen MR) is 157 cm³/mol. The average Bonchev–Trinajstić information content (AvgIpc) is 2.77. The lowest BCUT2D eigenvalue weighted by Gasteiger charge is -2.18. The number of aryl methyl sites for hydroxylation is 2. The van der Waals surface area contributed by atoms with Crippen LogP contribution in [0, 0.1) is 31.9 Å². The van der Waals surface area contributed by atoms with E-state index in [9.17, 15) is 18.0 Å². The van der Waals surface area contributed by atoms with Crippen LogP contribution in [0.4, 0.5) is 13.2 Å². The lowest BCUT2D eigenvalue weighted by Crippen LogP contribution is -2.16. The molecule has 1 aliphatic rings. The van der Waals surface area contributed by atoms with E-state index in [1.165, 1.54) is 26.2 Å². The van der Waals surface area contributed by atoms with E-state index >= 15 is 0 Å². The first kappa shape index (κ1) is 37.7. The molecular weight excluding hydrogens is 505 g/mol. The highest BCUT2D eigenvalue weighted by Crippen LogP contribution is 2.27. The first-order valence-electron chi connectivity index (χ1n) is 12.6. The molecule has 0 radical (unpaired) electrons. The molecule has 0 spiro atoms. The summed E-state index contributed by atoms with van der Waals surface area (Å²) in [5, 5.41) is 10.4. The number of allylic oxidation sites excluding steroid dienone is 2. The summed E-state index contributed by atoms with van der Waals surface area (Å²) >= 11 is 0. The SMILES string of the molecule is C=CCC(F)(F)F.C=Cc1c#ccc(-c2cc(C)cc(C)n2)c1/C=C(\C)NC(C)=O.CC1CCC1.CCO.O.[HH]. The number of hydrogen-bond acceptors (Lipinski definition) is 3. The summed E-state index contributed by atoms with van der Waals surface area (Å²) in [7, 11) is 0. The third-order valence-electron chi connectivity index (χ3n) is 5.09. The van der Waals surface area contributed by atoms with E-state index in [1.807, 2.05) is 45.0 Å². The standard InChI is InChI=1S/C20H20N2O.C5H10.C4H5F3.C2H6O.H2O.H2/c1-6-17-8-7-9-18(19(17)12-15(4)21-16(5)23)20-11-13(2)10-14(3)22-20;1-5-3-2-4-5;1-2-3-4(5,6)7;1-2-3;;/h6,9-12H,1H2,2-5H3,(H,21,23);5H,2-4H2,1H3;2H,1,3H2;3H,2H2,1H3;1H2;1H/b15-12+;;;;;. The number of aliphatic hydroxyl groups is 1. The fourth-order valence-corrected chi connectivity index (χ4v) is 3.29. The van der Waals surface area contributed by atoms with E-state index in [4.69, 9.17) is 5.11 Å². The number of halogens is 3. The lowest BCUT2D eigenvalue weighted by molar-refractivity contribution is -0.125. The van der Waals surface area contributed by atoms with Crippen molar-refractivity contribution in [2.24, 2.45) is 5.92 Å². The molecule has 0 atom stereocenters. The number of rotatable bonds is 5. The Morgan fingerprint density at radius 1 is 1.26 bits per heavy atom. The average molecular weight is 551 g/mol. The second kappa shape index (κ2) is 19.6. The van der Waals surface area contributed by atoms with Crippen molar-refractivity contribution >= 4 is 18.1 Å². The molecule has 4 N–H and O–H groups in total. The summed E-state index contributed by atoms with van der Waals surface area (Å²) in [5.74, 6) is 0.964. The molecule has 1 aromatic carbocycles. The highest BCUT2D eigenvalue weighted by atomic mass is 19.4. The van der Waals surface area contributed by atoms with Gasteiger partial charge in [0.15, 0.2) is 0 Å². The zero-order chi connectivity index (χ0) is 29.3. The van der Waals surface area contributed by atoms with Crippen LogP contribution in [0.1, 0.15) is 77.2 Å². The van der Waals surface area contributed by atoms with Crippen molar-refractivity contribution in [1.82, 2.24) is 10.3 Å². The van der Waals surface area contributed by atoms with Gasteiger partial charge in [0.2, 0.25) is 5.91 Å². The Bertz CT molecular complexity index is 1050. The molecule has 2 aromatic rings. The summed E-state index contributed by atoms with van der Waals surface area (Å²) in [4.78, 5) is 15.9. The summed E-state index contributed by atoms with van der Waals surface area (Å²) < 4.78 is 33.0. The van der Waals surface area contributed by atoms with Gasteiger partial charge in [-0.1, -0.05) is 57.0 Å². The summed E-state index contributed by atoms with van der Waals surface area (Å²) in [5.41, 5.74) is 6.42. The second-order valence-corrected chi connectivity index (χ2v) is 9.00. The molecule has 5 nitrogen and oxygen atoms in total. The Hall–Kier alpha value is -3.41. The quantitative estimate of drug-likeness (QED) is 0.379. The van der Waals surface area contributed by atoms with Crippen molar-refractivity contribution in [2.45, 2.75) is 73.4 Å². The van der Waals surface area contributed by atoms with E-state index in [0.717, 1.165) is 51.3 Å². The van der Waals surface area contributed by atoms with E-state index in [2.05, 4.69) is 42.5 Å². The molecule has 1 heterocycles. The van der Waals surface area contributed by atoms with Crippen LogP contribution < -0.4 is 5.32 Å². The van der Waals surface area contributed by atoms with Gasteiger partial charge in [0.25, 0.3) is 0 Å². The maximum atomic E-state index is 11.2. The molecule has 0 unspecified atom stereocenters. The van der Waals surface area contributed by atoms with Crippen molar-refractivity contribution in [1.29, 1.82) is 0 Å². The van der Waals surface area contributed by atoms with Gasteiger partial charge < -0.3 is 15.9 Å². The third kappa shape index (κ3) is 16.9. The van der Waals surface area contributed by atoms with Gasteiger partial charge in [-0.3, -0.25) is 9.78 Å². The van der Waals surface area contributed by atoms with E-state index in [0.29, 0.717) is 0 Å². The Labute approximate surface area is 233 Å². The molecule has 8 heteroatoms. The van der Waals surface area contributed by atoms with Crippen LogP contribution >= 0.6 is 0 Å². The second-order valence-electron chi connectivity index (χ2n) is 9.00. The highest BCUT2D eigenvalue weighted by Gasteiger charge is 2.23. The maximum absolute atomic E-state index is 11.2. The van der Waals surface area contributed by atoms with Crippen LogP contribution in [0.15, 0.2) is 43.1 Å². The molecule has 1 fully saturated rings. The lowest BCUT2D eigenvalue weighted by atomic mass is 9.88. The van der Waals surface area contributed by atoms with E-state index in [-0.39, 0.29) is 19.4 Å². The number of pyridine rings is 1. The van der Waals surface area contributed by atoms with Gasteiger partial charge in [0.05, 0.1) is 12.1 Å². The number of aliphatic hydroxyl groups excluding tert-OH is 1. The minimum Gasteiger partial charge on any atom is -0.412 e. The van der Waals surface area contributed by atoms with Crippen molar-refractivity contribution in [3.63, 3.8) is 0 Å². The van der Waals surface area contributed by atoms with Crippen LogP contribution in [-0.4, -0.2) is 34.3 Å². The first-order chi connectivity index (χ1) is 17.8. The fourth-order valence-electron chi connectivity index (χ4n) is 3.29. The Kier molecular flexibility index (Phi) is 19.0. The summed E-state index contributed by atoms with van der Waals surface area (Å²) in [6.07, 6.45) is 3.98. The topological polar surface area (TPSA) is 93.7 Å². The largest absolute Gasteiger partial charge is 0.412 e. The molecule has 39 heavy (non-hydrogen) atoms. The molecule has 1 saturated carbocycles. The monoisotopic (exact) mass is 550 g/mol. The van der Waals surface area contributed by atoms with Crippen LogP contribution in [0.5, 0.6) is 0 Å². The maximum Gasteiger partial charge on any atom is 0.392 e. The van der Waals surface area contributed by atoms with Crippen LogP contribution in [0.25, 0.3) is 23.4 Å². The number of hydrogen-bond donors (Lipinski definition) is 2. The molecule has 0 saturated heterocycles. The number of aromatic nitrogens is 1. The van der Waals surface area contributed by atoms with Gasteiger partial charge in [-0.05, 0) is 63.5 Å². The Morgan fingerprint density at radius 3 is 2.18 bits per heavy atom. The van der Waals surface area contributed by atoms with Gasteiger partial charge in [-0.2, -0.15) is 13.2 Å². The summed E-state index contributed by atoms with van der Waals surface area (Å²) in [6.45, 7) is 18.4. The number of nitrogens with one attached hydrogen (secondary N) is 1. The van der Waals surface area contributed by atoms with Crippen LogP contribution in [-0.2, 0) is 4.79 Å². The normalized spacial score (nSPS) is 12.2. The van der Waals surface area contributed by atoms with E-state index < -0.39 is 12.6 Å². The minimum absolute atomic E-state index is 0. The highest BCUT2D eigenvalue weighted by molar-refractivity contribution is 5.81. The number of nitrogens with zero attached hydrogens (tertiary/aromatic N) is 1. The molecule has 1 aliphatic carbocycles. The molecule has 1 aromatic heterocycles. The van der Waals surface area contributed by atoms with Crippen molar-refractivity contribution in [3.8, 4) is 11.3 Å². The van der Waals surface area contributed by atoms with E-state index in [1.54, 1.807) is 13.0 Å². The zero-order valence-corrected chi connectivity index (χ0v) is 23.9. The Morgan fingerprint density at radius 2 is 1.82 bits per heavy atom. The van der Waals surface area contributed by atoms with Crippen molar-refractivity contribution in [2.75, 3.05) is 6.61 Å². The number of amides is 1. The van der Waals surface area contributed by atoms with Crippen molar-refractivity contribution in [3.05, 3.63) is 77.6 Å².